The van der Waals surface area contributed by atoms with Crippen molar-refractivity contribution in [1.82, 2.24) is 15.0 Å². The number of nitrogens with zero attached hydrogens (tertiary/aromatic N) is 3. The zero-order valence-electron chi connectivity index (χ0n) is 7.89. The first kappa shape index (κ1) is 9.67. The normalized spacial score (nSPS) is 10.3. The zero-order valence-corrected chi connectivity index (χ0v) is 7.89. The molecule has 0 aromatic carbocycles. The zero-order chi connectivity index (χ0) is 10.7. The van der Waals surface area contributed by atoms with Crippen LogP contribution in [0, 0.1) is 5.82 Å². The maximum Gasteiger partial charge on any atom is 0.178 e. The summed E-state index contributed by atoms with van der Waals surface area (Å²) >= 11 is 0. The summed E-state index contributed by atoms with van der Waals surface area (Å²) in [4.78, 5) is 12.0. The molecule has 2 rings (SSSR count). The lowest BCUT2D eigenvalue weighted by Gasteiger charge is -1.99. The molecule has 15 heavy (non-hydrogen) atoms. The van der Waals surface area contributed by atoms with Gasteiger partial charge < -0.3 is 5.73 Å². The minimum Gasteiger partial charge on any atom is -0.326 e. The molecule has 0 aliphatic carbocycles. The molecule has 4 nitrogen and oxygen atoms in total. The van der Waals surface area contributed by atoms with Gasteiger partial charge in [0, 0.05) is 24.5 Å². The number of hydrogen-bond acceptors (Lipinski definition) is 4. The lowest BCUT2D eigenvalue weighted by atomic mass is 10.3. The van der Waals surface area contributed by atoms with Crippen molar-refractivity contribution in [2.45, 2.75) is 6.54 Å². The Morgan fingerprint density at radius 2 is 1.80 bits per heavy atom. The molecule has 0 spiro atoms. The molecule has 5 heteroatoms. The highest BCUT2D eigenvalue weighted by Gasteiger charge is 2.02. The van der Waals surface area contributed by atoms with E-state index in [1.54, 1.807) is 12.4 Å². The molecular formula is C10H9FN4. The highest BCUT2D eigenvalue weighted by Crippen LogP contribution is 2.10. The maximum atomic E-state index is 12.6. The van der Waals surface area contributed by atoms with Crippen LogP contribution in [-0.4, -0.2) is 15.0 Å². The molecule has 0 fully saturated rings. The number of aromatic nitrogens is 3. The average Bonchev–Trinajstić information content (AvgIpc) is 2.30. The Labute approximate surface area is 86.0 Å². The summed E-state index contributed by atoms with van der Waals surface area (Å²) in [5.74, 6) is 0.0875. The molecule has 0 radical (unpaired) electrons. The summed E-state index contributed by atoms with van der Waals surface area (Å²) in [6.45, 7) is 0.400. The highest BCUT2D eigenvalue weighted by molar-refractivity contribution is 5.47. The van der Waals surface area contributed by atoms with Gasteiger partial charge in [0.1, 0.15) is 11.5 Å². The fourth-order valence-corrected chi connectivity index (χ4v) is 1.10. The van der Waals surface area contributed by atoms with Gasteiger partial charge in [0.25, 0.3) is 0 Å². The lowest BCUT2D eigenvalue weighted by molar-refractivity contribution is 0.621. The van der Waals surface area contributed by atoms with Crippen LogP contribution < -0.4 is 5.73 Å². The van der Waals surface area contributed by atoms with Gasteiger partial charge in [-0.25, -0.2) is 19.3 Å². The van der Waals surface area contributed by atoms with E-state index in [4.69, 9.17) is 5.73 Å². The van der Waals surface area contributed by atoms with Crippen molar-refractivity contribution in [3.8, 4) is 11.5 Å². The number of hydrogen-bond donors (Lipinski definition) is 1. The van der Waals surface area contributed by atoms with E-state index < -0.39 is 0 Å². The van der Waals surface area contributed by atoms with Gasteiger partial charge in [-0.15, -0.1) is 0 Å². The second-order valence-corrected chi connectivity index (χ2v) is 2.98. The van der Waals surface area contributed by atoms with E-state index in [2.05, 4.69) is 15.0 Å². The predicted molar refractivity (Wildman–Crippen MR) is 53.1 cm³/mol. The van der Waals surface area contributed by atoms with Gasteiger partial charge in [-0.1, -0.05) is 0 Å². The van der Waals surface area contributed by atoms with Crippen LogP contribution in [0.1, 0.15) is 5.56 Å². The Balaban J connectivity index is 2.33. The van der Waals surface area contributed by atoms with Crippen molar-refractivity contribution in [3.63, 3.8) is 0 Å². The first-order chi connectivity index (χ1) is 7.29. The molecular weight excluding hydrogens is 195 g/mol. The third kappa shape index (κ3) is 2.13. The fraction of sp³-hybridized carbons (Fsp3) is 0.100. The van der Waals surface area contributed by atoms with Crippen molar-refractivity contribution in [1.29, 1.82) is 0 Å². The first-order valence-corrected chi connectivity index (χ1v) is 4.42. The Kier molecular flexibility index (Phi) is 2.64. The monoisotopic (exact) mass is 204 g/mol. The van der Waals surface area contributed by atoms with Crippen molar-refractivity contribution >= 4 is 0 Å². The van der Waals surface area contributed by atoms with Gasteiger partial charge in [0.2, 0.25) is 0 Å². The van der Waals surface area contributed by atoms with Gasteiger partial charge >= 0.3 is 0 Å². The van der Waals surface area contributed by atoms with E-state index in [0.717, 1.165) is 11.8 Å². The van der Waals surface area contributed by atoms with Crippen LogP contribution in [0.15, 0.2) is 30.7 Å². The third-order valence-corrected chi connectivity index (χ3v) is 1.90. The van der Waals surface area contributed by atoms with Crippen LogP contribution in [0.3, 0.4) is 0 Å². The van der Waals surface area contributed by atoms with E-state index in [0.29, 0.717) is 18.1 Å². The van der Waals surface area contributed by atoms with Crippen LogP contribution >= 0.6 is 0 Å². The molecule has 2 heterocycles. The lowest BCUT2D eigenvalue weighted by Crippen LogP contribution is -1.99. The van der Waals surface area contributed by atoms with Crippen molar-refractivity contribution < 1.29 is 4.39 Å². The van der Waals surface area contributed by atoms with Crippen LogP contribution in [0.25, 0.3) is 11.5 Å². The summed E-state index contributed by atoms with van der Waals surface area (Å²) in [6.07, 6.45) is 4.40. The maximum absolute atomic E-state index is 12.6. The topological polar surface area (TPSA) is 64.7 Å². The van der Waals surface area contributed by atoms with E-state index in [-0.39, 0.29) is 5.82 Å². The van der Waals surface area contributed by atoms with E-state index >= 15 is 0 Å². The third-order valence-electron chi connectivity index (χ3n) is 1.90. The average molecular weight is 204 g/mol. The largest absolute Gasteiger partial charge is 0.326 e. The fourth-order valence-electron chi connectivity index (χ4n) is 1.10. The smallest absolute Gasteiger partial charge is 0.178 e. The molecule has 2 N–H and O–H groups in total. The molecule has 0 amide bonds. The molecule has 2 aromatic rings. The summed E-state index contributed by atoms with van der Waals surface area (Å²) in [5.41, 5.74) is 6.80. The van der Waals surface area contributed by atoms with Crippen molar-refractivity contribution in [3.05, 3.63) is 42.1 Å². The van der Waals surface area contributed by atoms with Gasteiger partial charge in [-0.3, -0.25) is 0 Å². The molecule has 2 aromatic heterocycles. The summed E-state index contributed by atoms with van der Waals surface area (Å²) in [7, 11) is 0. The first-order valence-electron chi connectivity index (χ1n) is 4.42. The Morgan fingerprint density at radius 3 is 2.33 bits per heavy atom. The molecule has 0 unspecified atom stereocenters. The minimum atomic E-state index is -0.377. The summed E-state index contributed by atoms with van der Waals surface area (Å²) in [6, 6.07) is 2.86. The van der Waals surface area contributed by atoms with E-state index in [1.165, 1.54) is 12.1 Å². The Morgan fingerprint density at radius 1 is 1.07 bits per heavy atom. The van der Waals surface area contributed by atoms with Crippen molar-refractivity contribution in [2.24, 2.45) is 5.73 Å². The second kappa shape index (κ2) is 4.10. The van der Waals surface area contributed by atoms with Crippen LogP contribution in [0.5, 0.6) is 0 Å². The van der Waals surface area contributed by atoms with Crippen LogP contribution in [-0.2, 0) is 6.54 Å². The standard InChI is InChI=1S/C10H9FN4/c11-8-1-2-9(13-6-8)10-14-4-7(3-12)5-15-10/h1-2,4-6H,3,12H2. The molecule has 76 valence electrons. The van der Waals surface area contributed by atoms with Gasteiger partial charge in [0.05, 0.1) is 6.20 Å². The molecule has 0 atom stereocenters. The number of rotatable bonds is 2. The van der Waals surface area contributed by atoms with Crippen LogP contribution in [0.4, 0.5) is 4.39 Å². The van der Waals surface area contributed by atoms with E-state index in [9.17, 15) is 4.39 Å². The van der Waals surface area contributed by atoms with Crippen LogP contribution in [0.2, 0.25) is 0 Å². The number of nitrogens with two attached hydrogens (primary N) is 1. The second-order valence-electron chi connectivity index (χ2n) is 2.98. The Hall–Kier alpha value is -1.88. The summed E-state index contributed by atoms with van der Waals surface area (Å²) in [5, 5.41) is 0. The highest BCUT2D eigenvalue weighted by atomic mass is 19.1. The number of halogens is 1. The minimum absolute atomic E-state index is 0.377. The molecule has 0 bridgehead atoms. The quantitative estimate of drug-likeness (QED) is 0.796. The van der Waals surface area contributed by atoms with E-state index in [1.807, 2.05) is 0 Å². The molecule has 0 saturated carbocycles. The molecule has 0 aliphatic heterocycles. The SMILES string of the molecule is NCc1cnc(-c2ccc(F)cn2)nc1. The molecule has 0 aliphatic rings. The number of pyridine rings is 1. The predicted octanol–water partition coefficient (Wildman–Crippen LogP) is 1.14. The molecule has 0 saturated heterocycles. The van der Waals surface area contributed by atoms with Crippen molar-refractivity contribution in [2.75, 3.05) is 0 Å². The van der Waals surface area contributed by atoms with Gasteiger partial charge in [-0.05, 0) is 12.1 Å². The van der Waals surface area contributed by atoms with Gasteiger partial charge in [0.15, 0.2) is 5.82 Å². The Bertz CT molecular complexity index is 438. The summed E-state index contributed by atoms with van der Waals surface area (Å²) < 4.78 is 12.6. The van der Waals surface area contributed by atoms with Gasteiger partial charge in [-0.2, -0.15) is 0 Å².